The number of nitrogens with one attached hydrogen (secondary N) is 1. The van der Waals surface area contributed by atoms with Gasteiger partial charge < -0.3 is 0 Å². The number of nitrogens with zero attached hydrogens (tertiary/aromatic N) is 1. The highest BCUT2D eigenvalue weighted by Gasteiger charge is 2.42. The first kappa shape index (κ1) is 8.93. The minimum atomic E-state index is -0.922. The molecular formula is C9H20N2P+. The van der Waals surface area contributed by atoms with Crippen LogP contribution in [0.2, 0.25) is 0 Å². The zero-order chi connectivity index (χ0) is 8.77. The first-order valence-corrected chi connectivity index (χ1v) is 7.54. The third kappa shape index (κ3) is 1.41. The van der Waals surface area contributed by atoms with Crippen molar-refractivity contribution in [1.82, 2.24) is 9.76 Å². The smallest absolute Gasteiger partial charge is 0.143 e. The third-order valence-electron chi connectivity index (χ3n) is 3.67. The molecule has 12 heavy (non-hydrogen) atoms. The highest BCUT2D eigenvalue weighted by atomic mass is 31.2. The topological polar surface area (TPSA) is 15.3 Å². The van der Waals surface area contributed by atoms with Crippen LogP contribution >= 0.6 is 7.56 Å². The quantitative estimate of drug-likeness (QED) is 0.580. The molecule has 2 unspecified atom stereocenters. The van der Waals surface area contributed by atoms with Crippen molar-refractivity contribution in [3.05, 3.63) is 0 Å². The predicted octanol–water partition coefficient (Wildman–Crippen LogP) is 1.65. The van der Waals surface area contributed by atoms with Crippen LogP contribution in [-0.4, -0.2) is 38.1 Å². The molecule has 1 aliphatic carbocycles. The van der Waals surface area contributed by atoms with Crippen LogP contribution < -0.4 is 5.09 Å². The standard InChI is InChI=1S/C9H20N2P/c1-11-7-9-5-4-8(9)6-10-12(11,2)3/h8-10H,4-7H2,1-3H3/q+1. The monoisotopic (exact) mass is 187 g/mol. The summed E-state index contributed by atoms with van der Waals surface area (Å²) in [5.74, 6) is 2.00. The van der Waals surface area contributed by atoms with E-state index in [-0.39, 0.29) is 0 Å². The van der Waals surface area contributed by atoms with Crippen molar-refractivity contribution in [2.45, 2.75) is 12.8 Å². The van der Waals surface area contributed by atoms with Gasteiger partial charge in [0.15, 0.2) is 0 Å². The second-order valence-corrected chi connectivity index (χ2v) is 8.48. The molecule has 0 radical (unpaired) electrons. The molecule has 2 fully saturated rings. The van der Waals surface area contributed by atoms with Crippen LogP contribution in [0, 0.1) is 11.8 Å². The lowest BCUT2D eigenvalue weighted by Crippen LogP contribution is -2.34. The normalized spacial score (nSPS) is 41.2. The lowest BCUT2D eigenvalue weighted by Gasteiger charge is -2.34. The van der Waals surface area contributed by atoms with E-state index in [1.807, 2.05) is 0 Å². The Morgan fingerprint density at radius 1 is 1.25 bits per heavy atom. The van der Waals surface area contributed by atoms with Gasteiger partial charge in [-0.15, -0.1) is 0 Å². The van der Waals surface area contributed by atoms with Crippen molar-refractivity contribution in [1.29, 1.82) is 0 Å². The van der Waals surface area contributed by atoms with Gasteiger partial charge in [0.25, 0.3) is 0 Å². The Morgan fingerprint density at radius 3 is 2.50 bits per heavy atom. The summed E-state index contributed by atoms with van der Waals surface area (Å²) in [5.41, 5.74) is 0. The number of hydrogen-bond acceptors (Lipinski definition) is 2. The molecular weight excluding hydrogens is 167 g/mol. The summed E-state index contributed by atoms with van der Waals surface area (Å²) >= 11 is 0. The third-order valence-corrected chi connectivity index (χ3v) is 6.49. The van der Waals surface area contributed by atoms with E-state index in [9.17, 15) is 0 Å². The molecule has 2 aliphatic rings. The molecule has 2 nitrogen and oxygen atoms in total. The highest BCUT2D eigenvalue weighted by Crippen LogP contribution is 2.54. The first-order valence-electron chi connectivity index (χ1n) is 4.90. The largest absolute Gasteiger partial charge is 0.176 e. The molecule has 70 valence electrons. The fourth-order valence-corrected chi connectivity index (χ4v) is 3.69. The summed E-state index contributed by atoms with van der Waals surface area (Å²) in [7, 11) is 1.36. The summed E-state index contributed by atoms with van der Waals surface area (Å²) in [6.07, 6.45) is 2.93. The van der Waals surface area contributed by atoms with Crippen molar-refractivity contribution in [3.63, 3.8) is 0 Å². The Morgan fingerprint density at radius 2 is 1.92 bits per heavy atom. The fourth-order valence-electron chi connectivity index (χ4n) is 2.15. The average molecular weight is 187 g/mol. The SMILES string of the molecule is CN1CC2CCC2CN[P+]1(C)C. The lowest BCUT2D eigenvalue weighted by atomic mass is 9.74. The maximum atomic E-state index is 3.74. The Labute approximate surface area is 76.2 Å². The molecule has 1 saturated heterocycles. The second kappa shape index (κ2) is 2.94. The molecule has 2 rings (SSSR count). The Hall–Kier alpha value is 0.350. The molecule has 1 aliphatic heterocycles. The van der Waals surface area contributed by atoms with Crippen molar-refractivity contribution in [2.75, 3.05) is 33.5 Å². The number of hydrogen-bond donors (Lipinski definition) is 1. The molecule has 2 atom stereocenters. The van der Waals surface area contributed by atoms with E-state index < -0.39 is 7.56 Å². The van der Waals surface area contributed by atoms with Crippen LogP contribution in [0.5, 0.6) is 0 Å². The molecule has 1 heterocycles. The molecule has 0 spiro atoms. The van der Waals surface area contributed by atoms with Crippen LogP contribution in [0.15, 0.2) is 0 Å². The summed E-state index contributed by atoms with van der Waals surface area (Å²) in [6, 6.07) is 0. The maximum absolute atomic E-state index is 3.74. The van der Waals surface area contributed by atoms with E-state index in [2.05, 4.69) is 30.1 Å². The molecule has 0 amide bonds. The van der Waals surface area contributed by atoms with Crippen LogP contribution in [-0.2, 0) is 0 Å². The zero-order valence-electron chi connectivity index (χ0n) is 8.38. The van der Waals surface area contributed by atoms with Crippen LogP contribution in [0.3, 0.4) is 0 Å². The molecule has 0 aromatic rings. The minimum Gasteiger partial charge on any atom is -0.176 e. The zero-order valence-corrected chi connectivity index (χ0v) is 9.27. The van der Waals surface area contributed by atoms with Gasteiger partial charge in [0, 0.05) is 20.1 Å². The van der Waals surface area contributed by atoms with Gasteiger partial charge in [0.2, 0.25) is 0 Å². The van der Waals surface area contributed by atoms with E-state index in [4.69, 9.17) is 0 Å². The van der Waals surface area contributed by atoms with Gasteiger partial charge in [-0.25, -0.2) is 0 Å². The van der Waals surface area contributed by atoms with Crippen LogP contribution in [0.4, 0.5) is 0 Å². The first-order chi connectivity index (χ1) is 5.59. The van der Waals surface area contributed by atoms with E-state index in [0.717, 1.165) is 11.8 Å². The van der Waals surface area contributed by atoms with E-state index in [0.29, 0.717) is 0 Å². The van der Waals surface area contributed by atoms with Crippen molar-refractivity contribution in [2.24, 2.45) is 11.8 Å². The van der Waals surface area contributed by atoms with Gasteiger partial charge in [-0.1, -0.05) is 0 Å². The van der Waals surface area contributed by atoms with Gasteiger partial charge in [0.05, 0.1) is 13.3 Å². The Kier molecular flexibility index (Phi) is 2.18. The summed E-state index contributed by atoms with van der Waals surface area (Å²) in [5, 5.41) is 3.74. The predicted molar refractivity (Wildman–Crippen MR) is 55.6 cm³/mol. The fraction of sp³-hybridized carbons (Fsp3) is 1.00. The molecule has 0 aromatic heterocycles. The van der Waals surface area contributed by atoms with E-state index >= 15 is 0 Å². The maximum Gasteiger partial charge on any atom is 0.143 e. The average Bonchev–Trinajstić information content (AvgIpc) is 2.01. The molecule has 3 heteroatoms. The second-order valence-electron chi connectivity index (χ2n) is 4.69. The Bertz CT molecular complexity index is 181. The van der Waals surface area contributed by atoms with Gasteiger partial charge in [0.1, 0.15) is 7.56 Å². The van der Waals surface area contributed by atoms with Gasteiger partial charge in [-0.2, -0.15) is 9.76 Å². The molecule has 1 N–H and O–H groups in total. The van der Waals surface area contributed by atoms with Crippen molar-refractivity contribution in [3.8, 4) is 0 Å². The van der Waals surface area contributed by atoms with Gasteiger partial charge >= 0.3 is 0 Å². The lowest BCUT2D eigenvalue weighted by molar-refractivity contribution is 0.166. The molecule has 1 saturated carbocycles. The van der Waals surface area contributed by atoms with Crippen LogP contribution in [0.25, 0.3) is 0 Å². The minimum absolute atomic E-state index is 0.922. The van der Waals surface area contributed by atoms with Crippen molar-refractivity contribution >= 4 is 7.56 Å². The van der Waals surface area contributed by atoms with Gasteiger partial charge in [-0.3, -0.25) is 0 Å². The van der Waals surface area contributed by atoms with E-state index in [1.165, 1.54) is 25.9 Å². The van der Waals surface area contributed by atoms with Crippen molar-refractivity contribution < 1.29 is 0 Å². The van der Waals surface area contributed by atoms with Gasteiger partial charge in [-0.05, 0) is 24.7 Å². The molecule has 0 bridgehead atoms. The number of fused-ring (bicyclic) bond motifs is 1. The number of rotatable bonds is 0. The highest BCUT2D eigenvalue weighted by molar-refractivity contribution is 7.70. The van der Waals surface area contributed by atoms with E-state index in [1.54, 1.807) is 0 Å². The van der Waals surface area contributed by atoms with Crippen LogP contribution in [0.1, 0.15) is 12.8 Å². The summed E-state index contributed by atoms with van der Waals surface area (Å²) in [6.45, 7) is 7.38. The summed E-state index contributed by atoms with van der Waals surface area (Å²) < 4.78 is 2.57. The molecule has 0 aromatic carbocycles. The summed E-state index contributed by atoms with van der Waals surface area (Å²) in [4.78, 5) is 0. The Balaban J connectivity index is 2.06.